The maximum absolute atomic E-state index is 10.0. The molecule has 0 amide bonds. The molecule has 1 N–H and O–H groups in total. The molecule has 0 aliphatic heterocycles. The van der Waals surface area contributed by atoms with Crippen molar-refractivity contribution in [2.75, 3.05) is 0 Å². The molecule has 1 aromatic heterocycles. The van der Waals surface area contributed by atoms with E-state index in [1.807, 2.05) is 38.1 Å². The van der Waals surface area contributed by atoms with E-state index >= 15 is 0 Å². The van der Waals surface area contributed by atoms with Crippen LogP contribution in [0.25, 0.3) is 11.5 Å². The number of aromatic hydroxyl groups is 1. The van der Waals surface area contributed by atoms with Crippen LogP contribution in [0.2, 0.25) is 0 Å². The van der Waals surface area contributed by atoms with E-state index in [9.17, 15) is 5.11 Å². The van der Waals surface area contributed by atoms with Crippen LogP contribution in [0, 0.1) is 13.8 Å². The zero-order valence-corrected chi connectivity index (χ0v) is 15.5. The van der Waals surface area contributed by atoms with Crippen LogP contribution < -0.4 is 0 Å². The number of nitrogens with zero attached hydrogens (tertiary/aromatic N) is 2. The molecule has 0 fully saturated rings. The molecule has 0 radical (unpaired) electrons. The molecule has 3 aromatic rings. The summed E-state index contributed by atoms with van der Waals surface area (Å²) >= 11 is 0. The molecule has 0 spiro atoms. The van der Waals surface area contributed by atoms with Crippen LogP contribution in [-0.4, -0.2) is 16.3 Å². The number of aliphatic imine (C=N–C) groups is 1. The molecule has 0 aliphatic carbocycles. The minimum absolute atomic E-state index is 0.219. The van der Waals surface area contributed by atoms with Gasteiger partial charge in [-0.2, -0.15) is 0 Å². The predicted octanol–water partition coefficient (Wildman–Crippen LogP) is 5.76. The summed E-state index contributed by atoms with van der Waals surface area (Å²) in [5.41, 5.74) is 5.58. The average molecular weight is 348 g/mol. The van der Waals surface area contributed by atoms with Crippen molar-refractivity contribution in [3.8, 4) is 17.4 Å². The van der Waals surface area contributed by atoms with Crippen LogP contribution in [0.1, 0.15) is 42.1 Å². The SMILES string of the molecule is CCCCc1ccc(-c2nc(C=Nc3ccc(C)cc3C)c(O)o2)cc1. The Bertz CT molecular complexity index is 908. The summed E-state index contributed by atoms with van der Waals surface area (Å²) in [6.07, 6.45) is 4.97. The lowest BCUT2D eigenvalue weighted by Crippen LogP contribution is -1.86. The summed E-state index contributed by atoms with van der Waals surface area (Å²) in [5, 5.41) is 10.0. The van der Waals surface area contributed by atoms with Gasteiger partial charge in [-0.1, -0.05) is 43.2 Å². The Morgan fingerprint density at radius 1 is 1.12 bits per heavy atom. The lowest BCUT2D eigenvalue weighted by molar-refractivity contribution is 0.337. The van der Waals surface area contributed by atoms with E-state index in [0.717, 1.165) is 23.2 Å². The minimum atomic E-state index is -0.219. The average Bonchev–Trinajstić information content (AvgIpc) is 3.00. The molecule has 0 saturated heterocycles. The molecule has 4 nitrogen and oxygen atoms in total. The fourth-order valence-corrected chi connectivity index (χ4v) is 2.81. The smallest absolute Gasteiger partial charge is 0.312 e. The van der Waals surface area contributed by atoms with Crippen molar-refractivity contribution in [3.05, 3.63) is 64.8 Å². The first kappa shape index (κ1) is 17.9. The quantitative estimate of drug-likeness (QED) is 0.576. The molecular formula is C22H24N2O2. The Hall–Kier alpha value is -2.88. The molecule has 26 heavy (non-hydrogen) atoms. The van der Waals surface area contributed by atoms with E-state index in [1.165, 1.54) is 30.2 Å². The Balaban J connectivity index is 1.79. The normalized spacial score (nSPS) is 11.3. The maximum Gasteiger partial charge on any atom is 0.312 e. The Labute approximate surface area is 154 Å². The number of aromatic nitrogens is 1. The van der Waals surface area contributed by atoms with Gasteiger partial charge in [-0.25, -0.2) is 4.98 Å². The van der Waals surface area contributed by atoms with Gasteiger partial charge in [0.2, 0.25) is 5.89 Å². The maximum atomic E-state index is 10.0. The largest absolute Gasteiger partial charge is 0.479 e. The molecular weight excluding hydrogens is 324 g/mol. The lowest BCUT2D eigenvalue weighted by Gasteiger charge is -2.00. The first-order valence-electron chi connectivity index (χ1n) is 8.97. The van der Waals surface area contributed by atoms with Crippen molar-refractivity contribution < 1.29 is 9.52 Å². The highest BCUT2D eigenvalue weighted by Gasteiger charge is 2.12. The van der Waals surface area contributed by atoms with Gasteiger partial charge in [-0.15, -0.1) is 0 Å². The summed E-state index contributed by atoms with van der Waals surface area (Å²) in [6, 6.07) is 14.1. The zero-order valence-electron chi connectivity index (χ0n) is 15.5. The summed E-state index contributed by atoms with van der Waals surface area (Å²) < 4.78 is 5.41. The molecule has 0 saturated carbocycles. The van der Waals surface area contributed by atoms with E-state index in [-0.39, 0.29) is 5.95 Å². The van der Waals surface area contributed by atoms with E-state index < -0.39 is 0 Å². The third-order valence-electron chi connectivity index (χ3n) is 4.33. The van der Waals surface area contributed by atoms with Gasteiger partial charge in [0, 0.05) is 5.56 Å². The van der Waals surface area contributed by atoms with Crippen LogP contribution in [0.5, 0.6) is 5.95 Å². The standard InChI is InChI=1S/C22H24N2O2/c1-4-5-6-17-8-10-18(11-9-17)21-24-20(22(25)26-21)14-23-19-12-7-15(2)13-16(19)3/h7-14,25H,4-6H2,1-3H3. The molecule has 0 bridgehead atoms. The molecule has 2 aromatic carbocycles. The van der Waals surface area contributed by atoms with Gasteiger partial charge in [0.15, 0.2) is 5.69 Å². The van der Waals surface area contributed by atoms with Crippen molar-refractivity contribution in [2.24, 2.45) is 4.99 Å². The number of aryl methyl sites for hydroxylation is 3. The fraction of sp³-hybridized carbons (Fsp3) is 0.273. The van der Waals surface area contributed by atoms with E-state index in [1.54, 1.807) is 0 Å². The van der Waals surface area contributed by atoms with Gasteiger partial charge >= 0.3 is 5.95 Å². The van der Waals surface area contributed by atoms with Gasteiger partial charge < -0.3 is 9.52 Å². The second-order valence-electron chi connectivity index (χ2n) is 6.56. The van der Waals surface area contributed by atoms with Crippen molar-refractivity contribution in [1.29, 1.82) is 0 Å². The van der Waals surface area contributed by atoms with Gasteiger partial charge in [0.1, 0.15) is 0 Å². The number of rotatable bonds is 6. The van der Waals surface area contributed by atoms with Crippen molar-refractivity contribution in [2.45, 2.75) is 40.0 Å². The number of hydrogen-bond donors (Lipinski definition) is 1. The van der Waals surface area contributed by atoms with Gasteiger partial charge in [-0.05, 0) is 56.0 Å². The lowest BCUT2D eigenvalue weighted by atomic mass is 10.1. The first-order valence-corrected chi connectivity index (χ1v) is 8.97. The van der Waals surface area contributed by atoms with Gasteiger partial charge in [-0.3, -0.25) is 4.99 Å². The molecule has 0 aliphatic rings. The third-order valence-corrected chi connectivity index (χ3v) is 4.33. The molecule has 0 atom stereocenters. The highest BCUT2D eigenvalue weighted by molar-refractivity contribution is 5.83. The second-order valence-corrected chi connectivity index (χ2v) is 6.56. The summed E-state index contributed by atoms with van der Waals surface area (Å²) in [4.78, 5) is 8.79. The van der Waals surface area contributed by atoms with Crippen LogP contribution in [0.3, 0.4) is 0 Å². The van der Waals surface area contributed by atoms with Crippen LogP contribution >= 0.6 is 0 Å². The molecule has 4 heteroatoms. The molecule has 0 unspecified atom stereocenters. The highest BCUT2D eigenvalue weighted by atomic mass is 16.5. The Morgan fingerprint density at radius 3 is 2.58 bits per heavy atom. The highest BCUT2D eigenvalue weighted by Crippen LogP contribution is 2.27. The molecule has 1 heterocycles. The first-order chi connectivity index (χ1) is 12.6. The molecule has 134 valence electrons. The fourth-order valence-electron chi connectivity index (χ4n) is 2.81. The van der Waals surface area contributed by atoms with Crippen LogP contribution in [-0.2, 0) is 6.42 Å². The van der Waals surface area contributed by atoms with Crippen LogP contribution in [0.4, 0.5) is 5.69 Å². The van der Waals surface area contributed by atoms with Gasteiger partial charge in [0.25, 0.3) is 0 Å². The van der Waals surface area contributed by atoms with Crippen molar-refractivity contribution in [1.82, 2.24) is 4.98 Å². The number of hydrogen-bond acceptors (Lipinski definition) is 4. The number of benzene rings is 2. The zero-order chi connectivity index (χ0) is 18.5. The predicted molar refractivity (Wildman–Crippen MR) is 105 cm³/mol. The molecule has 3 rings (SSSR count). The topological polar surface area (TPSA) is 58.6 Å². The summed E-state index contributed by atoms with van der Waals surface area (Å²) in [6.45, 7) is 6.24. The monoisotopic (exact) mass is 348 g/mol. The number of unbranched alkanes of at least 4 members (excludes halogenated alkanes) is 1. The van der Waals surface area contributed by atoms with E-state index in [4.69, 9.17) is 4.42 Å². The third kappa shape index (κ3) is 4.20. The van der Waals surface area contributed by atoms with Crippen molar-refractivity contribution >= 4 is 11.9 Å². The van der Waals surface area contributed by atoms with E-state index in [2.05, 4.69) is 35.1 Å². The van der Waals surface area contributed by atoms with Gasteiger partial charge in [0.05, 0.1) is 11.9 Å². The second kappa shape index (κ2) is 8.00. The summed E-state index contributed by atoms with van der Waals surface area (Å²) in [5.74, 6) is 0.176. The number of oxazole rings is 1. The minimum Gasteiger partial charge on any atom is -0.479 e. The van der Waals surface area contributed by atoms with Crippen LogP contribution in [0.15, 0.2) is 51.9 Å². The van der Waals surface area contributed by atoms with Crippen molar-refractivity contribution in [3.63, 3.8) is 0 Å². The van der Waals surface area contributed by atoms with E-state index in [0.29, 0.717) is 11.6 Å². The Morgan fingerprint density at radius 2 is 1.88 bits per heavy atom. The Kier molecular flexibility index (Phi) is 5.52. The summed E-state index contributed by atoms with van der Waals surface area (Å²) in [7, 11) is 0.